The summed E-state index contributed by atoms with van der Waals surface area (Å²) < 4.78 is 13.6. The highest BCUT2D eigenvalue weighted by Crippen LogP contribution is 2.29. The molecule has 0 heterocycles. The summed E-state index contributed by atoms with van der Waals surface area (Å²) in [5.41, 5.74) is -0.209. The molecule has 1 amide bonds. The van der Waals surface area contributed by atoms with Crippen molar-refractivity contribution in [3.8, 4) is 0 Å². The highest BCUT2D eigenvalue weighted by Gasteiger charge is 2.31. The Kier molecular flexibility index (Phi) is 4.07. The van der Waals surface area contributed by atoms with Gasteiger partial charge in [-0.3, -0.25) is 4.79 Å². The fourth-order valence-corrected chi connectivity index (χ4v) is 1.70. The lowest BCUT2D eigenvalue weighted by atomic mass is 10.0. The molecule has 4 nitrogen and oxygen atoms in total. The third-order valence-electron chi connectivity index (χ3n) is 2.39. The second kappa shape index (κ2) is 5.14. The molecule has 0 spiro atoms. The molecule has 0 saturated heterocycles. The Morgan fingerprint density at radius 1 is 1.47 bits per heavy atom. The van der Waals surface area contributed by atoms with Gasteiger partial charge in [-0.05, 0) is 12.1 Å². The van der Waals surface area contributed by atoms with Crippen LogP contribution in [-0.4, -0.2) is 28.9 Å². The smallest absolute Gasteiger partial charge is 0.331 e. The number of rotatable bonds is 3. The van der Waals surface area contributed by atoms with E-state index in [-0.39, 0.29) is 10.6 Å². The lowest BCUT2D eigenvalue weighted by Gasteiger charge is -2.24. The molecule has 0 radical (unpaired) electrons. The largest absolute Gasteiger partial charge is 0.479 e. The van der Waals surface area contributed by atoms with Crippen LogP contribution in [0.25, 0.3) is 0 Å². The number of carboxylic acid groups (broad SMARTS) is 1. The maximum Gasteiger partial charge on any atom is 0.331 e. The molecular weight excluding hydrogens is 249 g/mol. The Labute approximate surface area is 103 Å². The maximum atomic E-state index is 13.6. The lowest BCUT2D eigenvalue weighted by molar-refractivity contribution is -0.148. The lowest BCUT2D eigenvalue weighted by Crippen LogP contribution is -2.35. The number of carbonyl (C=O) groups excluding carboxylic acids is 1. The minimum atomic E-state index is -1.43. The average Bonchev–Trinajstić information content (AvgIpc) is 2.22. The van der Waals surface area contributed by atoms with E-state index in [1.165, 1.54) is 26.1 Å². The first kappa shape index (κ1) is 13.4. The quantitative estimate of drug-likeness (QED) is 0.904. The number of carbonyl (C=O) groups is 2. The molecule has 0 fully saturated rings. The zero-order chi connectivity index (χ0) is 13.2. The molecule has 17 heavy (non-hydrogen) atoms. The maximum absolute atomic E-state index is 13.6. The summed E-state index contributed by atoms with van der Waals surface area (Å²) in [4.78, 5) is 23.2. The molecule has 0 aliphatic rings. The molecule has 1 aromatic rings. The molecule has 0 aliphatic carbocycles. The van der Waals surface area contributed by atoms with Gasteiger partial charge < -0.3 is 10.0 Å². The van der Waals surface area contributed by atoms with Gasteiger partial charge in [0.25, 0.3) is 0 Å². The second-order valence-electron chi connectivity index (χ2n) is 3.51. The van der Waals surface area contributed by atoms with Crippen LogP contribution in [0, 0.1) is 5.82 Å². The van der Waals surface area contributed by atoms with E-state index in [0.29, 0.717) is 0 Å². The van der Waals surface area contributed by atoms with Crippen LogP contribution >= 0.6 is 11.6 Å². The van der Waals surface area contributed by atoms with Gasteiger partial charge in [-0.2, -0.15) is 0 Å². The SMILES string of the molecule is CC(=O)N(C)C(C(=O)O)c1c(F)cccc1Cl. The first-order valence-corrected chi connectivity index (χ1v) is 5.14. The molecule has 0 aromatic heterocycles. The number of aliphatic carboxylic acids is 1. The van der Waals surface area contributed by atoms with Crippen molar-refractivity contribution in [3.63, 3.8) is 0 Å². The summed E-state index contributed by atoms with van der Waals surface area (Å²) in [6, 6.07) is 2.42. The van der Waals surface area contributed by atoms with Crippen LogP contribution in [0.5, 0.6) is 0 Å². The van der Waals surface area contributed by atoms with E-state index in [1.54, 1.807) is 0 Å². The van der Waals surface area contributed by atoms with Crippen LogP contribution in [0.15, 0.2) is 18.2 Å². The summed E-state index contributed by atoms with van der Waals surface area (Å²) in [5.74, 6) is -2.58. The van der Waals surface area contributed by atoms with Gasteiger partial charge in [0.1, 0.15) is 5.82 Å². The Morgan fingerprint density at radius 3 is 2.47 bits per heavy atom. The first-order valence-electron chi connectivity index (χ1n) is 4.76. The Bertz CT molecular complexity index is 444. The van der Waals surface area contributed by atoms with Crippen LogP contribution < -0.4 is 0 Å². The first-order chi connectivity index (χ1) is 7.86. The van der Waals surface area contributed by atoms with Gasteiger partial charge in [0.15, 0.2) is 6.04 Å². The van der Waals surface area contributed by atoms with E-state index in [2.05, 4.69) is 0 Å². The molecule has 6 heteroatoms. The van der Waals surface area contributed by atoms with E-state index >= 15 is 0 Å². The highest BCUT2D eigenvalue weighted by molar-refractivity contribution is 6.31. The van der Waals surface area contributed by atoms with E-state index in [9.17, 15) is 14.0 Å². The zero-order valence-corrected chi connectivity index (χ0v) is 10.0. The van der Waals surface area contributed by atoms with Crippen LogP contribution in [0.2, 0.25) is 5.02 Å². The monoisotopic (exact) mass is 259 g/mol. The van der Waals surface area contributed by atoms with Gasteiger partial charge >= 0.3 is 5.97 Å². The van der Waals surface area contributed by atoms with Crippen molar-refractivity contribution in [2.24, 2.45) is 0 Å². The molecular formula is C11H11ClFNO3. The fraction of sp³-hybridized carbons (Fsp3) is 0.273. The van der Waals surface area contributed by atoms with Crippen molar-refractivity contribution in [2.45, 2.75) is 13.0 Å². The average molecular weight is 260 g/mol. The van der Waals surface area contributed by atoms with E-state index in [0.717, 1.165) is 11.0 Å². The second-order valence-corrected chi connectivity index (χ2v) is 3.91. The van der Waals surface area contributed by atoms with Gasteiger partial charge in [-0.25, -0.2) is 9.18 Å². The van der Waals surface area contributed by atoms with Crippen LogP contribution in [0.1, 0.15) is 18.5 Å². The number of carboxylic acids is 1. The van der Waals surface area contributed by atoms with E-state index in [1.807, 2.05) is 0 Å². The molecule has 1 atom stereocenters. The predicted octanol–water partition coefficient (Wildman–Crippen LogP) is 2.08. The normalized spacial score (nSPS) is 12.0. The number of amides is 1. The highest BCUT2D eigenvalue weighted by atomic mass is 35.5. The third-order valence-corrected chi connectivity index (χ3v) is 2.72. The Hall–Kier alpha value is -1.62. The summed E-state index contributed by atoms with van der Waals surface area (Å²) >= 11 is 5.78. The third kappa shape index (κ3) is 2.74. The Balaban J connectivity index is 3.33. The topological polar surface area (TPSA) is 57.6 Å². The molecule has 92 valence electrons. The molecule has 0 bridgehead atoms. The summed E-state index contributed by atoms with van der Waals surface area (Å²) in [7, 11) is 1.28. The van der Waals surface area contributed by atoms with Crippen LogP contribution in [0.4, 0.5) is 4.39 Å². The number of hydrogen-bond donors (Lipinski definition) is 1. The van der Waals surface area contributed by atoms with Crippen molar-refractivity contribution in [2.75, 3.05) is 7.05 Å². The number of likely N-dealkylation sites (N-methyl/N-ethyl adjacent to an activating group) is 1. The Morgan fingerprint density at radius 2 is 2.06 bits per heavy atom. The minimum absolute atomic E-state index is 0.0227. The number of nitrogens with zero attached hydrogens (tertiary/aromatic N) is 1. The minimum Gasteiger partial charge on any atom is -0.479 e. The molecule has 1 unspecified atom stereocenters. The van der Waals surface area contributed by atoms with E-state index in [4.69, 9.17) is 16.7 Å². The van der Waals surface area contributed by atoms with Crippen molar-refractivity contribution in [1.82, 2.24) is 4.90 Å². The van der Waals surface area contributed by atoms with E-state index < -0.39 is 23.7 Å². The molecule has 0 aliphatic heterocycles. The van der Waals surface area contributed by atoms with Crippen molar-refractivity contribution in [1.29, 1.82) is 0 Å². The molecule has 1 rings (SSSR count). The fourth-order valence-electron chi connectivity index (χ4n) is 1.44. The summed E-state index contributed by atoms with van der Waals surface area (Å²) in [5, 5.41) is 9.05. The van der Waals surface area contributed by atoms with Gasteiger partial charge in [0.2, 0.25) is 5.91 Å². The van der Waals surface area contributed by atoms with Gasteiger partial charge in [0.05, 0.1) is 0 Å². The van der Waals surface area contributed by atoms with Crippen molar-refractivity contribution >= 4 is 23.5 Å². The predicted molar refractivity (Wildman–Crippen MR) is 60.2 cm³/mol. The standard InChI is InChI=1S/C11H11ClFNO3/c1-6(15)14(2)10(11(16)17)9-7(12)4-3-5-8(9)13/h3-5,10H,1-2H3,(H,16,17). The molecule has 0 saturated carbocycles. The van der Waals surface area contributed by atoms with Gasteiger partial charge in [-0.15, -0.1) is 0 Å². The zero-order valence-electron chi connectivity index (χ0n) is 9.28. The number of hydrogen-bond acceptors (Lipinski definition) is 2. The summed E-state index contributed by atoms with van der Waals surface area (Å²) in [6.07, 6.45) is 0. The van der Waals surface area contributed by atoms with Crippen molar-refractivity contribution in [3.05, 3.63) is 34.6 Å². The number of halogens is 2. The van der Waals surface area contributed by atoms with Crippen LogP contribution in [-0.2, 0) is 9.59 Å². The van der Waals surface area contributed by atoms with Crippen LogP contribution in [0.3, 0.4) is 0 Å². The van der Waals surface area contributed by atoms with Gasteiger partial charge in [0, 0.05) is 24.6 Å². The number of benzene rings is 1. The molecule has 1 aromatic carbocycles. The van der Waals surface area contributed by atoms with Gasteiger partial charge in [-0.1, -0.05) is 17.7 Å². The molecule has 1 N–H and O–H groups in total. The summed E-state index contributed by atoms with van der Waals surface area (Å²) in [6.45, 7) is 1.20. The van der Waals surface area contributed by atoms with Crippen molar-refractivity contribution < 1.29 is 19.1 Å².